The van der Waals surface area contributed by atoms with Gasteiger partial charge in [0.25, 0.3) is 5.91 Å². The van der Waals surface area contributed by atoms with Crippen molar-refractivity contribution >= 4 is 23.4 Å². The Morgan fingerprint density at radius 2 is 1.79 bits per heavy atom. The van der Waals surface area contributed by atoms with Crippen molar-refractivity contribution in [1.29, 1.82) is 0 Å². The van der Waals surface area contributed by atoms with Crippen molar-refractivity contribution in [2.45, 2.75) is 9.79 Å². The monoisotopic (exact) mass is 272 g/mol. The molecule has 0 aliphatic rings. The van der Waals surface area contributed by atoms with Gasteiger partial charge in [0.1, 0.15) is 0 Å². The van der Waals surface area contributed by atoms with Crippen LogP contribution in [-0.4, -0.2) is 24.9 Å². The maximum Gasteiger partial charge on any atom is 0.254 e. The number of hydrogen-bond donors (Lipinski definition) is 1. The summed E-state index contributed by atoms with van der Waals surface area (Å²) in [5.41, 5.74) is 7.15. The van der Waals surface area contributed by atoms with Crippen LogP contribution in [0.3, 0.4) is 0 Å². The number of carbonyl (C=O) groups is 1. The predicted molar refractivity (Wildman–Crippen MR) is 79.4 cm³/mol. The van der Waals surface area contributed by atoms with E-state index in [2.05, 4.69) is 0 Å². The van der Waals surface area contributed by atoms with Gasteiger partial charge in [0, 0.05) is 29.6 Å². The highest BCUT2D eigenvalue weighted by molar-refractivity contribution is 7.99. The van der Waals surface area contributed by atoms with Gasteiger partial charge in [-0.15, -0.1) is 0 Å². The molecule has 4 heteroatoms. The summed E-state index contributed by atoms with van der Waals surface area (Å²) in [6.45, 7) is 0. The van der Waals surface area contributed by atoms with Crippen LogP contribution in [0, 0.1) is 0 Å². The van der Waals surface area contributed by atoms with E-state index in [4.69, 9.17) is 5.73 Å². The number of carbonyl (C=O) groups excluding carboxylic acids is 1. The van der Waals surface area contributed by atoms with Crippen molar-refractivity contribution in [3.8, 4) is 0 Å². The maximum absolute atomic E-state index is 12.1. The van der Waals surface area contributed by atoms with Gasteiger partial charge >= 0.3 is 0 Å². The average molecular weight is 272 g/mol. The third-order valence-electron chi connectivity index (χ3n) is 2.61. The van der Waals surface area contributed by atoms with Crippen molar-refractivity contribution in [3.63, 3.8) is 0 Å². The topological polar surface area (TPSA) is 46.3 Å². The molecule has 0 atom stereocenters. The maximum atomic E-state index is 12.1. The summed E-state index contributed by atoms with van der Waals surface area (Å²) in [6, 6.07) is 15.3. The van der Waals surface area contributed by atoms with Crippen LogP contribution in [0.15, 0.2) is 58.3 Å². The minimum absolute atomic E-state index is 0.0153. The summed E-state index contributed by atoms with van der Waals surface area (Å²) in [6.07, 6.45) is 0. The quantitative estimate of drug-likeness (QED) is 0.873. The van der Waals surface area contributed by atoms with Crippen molar-refractivity contribution in [2.75, 3.05) is 19.8 Å². The molecule has 0 aliphatic carbocycles. The number of benzene rings is 2. The second kappa shape index (κ2) is 5.80. The first kappa shape index (κ1) is 13.5. The first-order chi connectivity index (χ1) is 9.08. The van der Waals surface area contributed by atoms with Crippen LogP contribution in [-0.2, 0) is 0 Å². The Balaban J connectivity index is 2.38. The number of nitrogens with zero attached hydrogens (tertiary/aromatic N) is 1. The van der Waals surface area contributed by atoms with Gasteiger partial charge in [0.05, 0.1) is 5.56 Å². The number of amides is 1. The molecule has 0 unspecified atom stereocenters. The Morgan fingerprint density at radius 3 is 2.42 bits per heavy atom. The van der Waals surface area contributed by atoms with Crippen LogP contribution in [0.25, 0.3) is 0 Å². The Labute approximate surface area is 117 Å². The lowest BCUT2D eigenvalue weighted by Crippen LogP contribution is -2.22. The van der Waals surface area contributed by atoms with Crippen LogP contribution < -0.4 is 5.73 Å². The van der Waals surface area contributed by atoms with Gasteiger partial charge in [-0.1, -0.05) is 30.0 Å². The summed E-state index contributed by atoms with van der Waals surface area (Å²) in [5.74, 6) is -0.0153. The molecule has 0 saturated heterocycles. The highest BCUT2D eigenvalue weighted by Crippen LogP contribution is 2.32. The lowest BCUT2D eigenvalue weighted by Gasteiger charge is -2.14. The molecule has 0 bridgehead atoms. The molecule has 0 aliphatic heterocycles. The highest BCUT2D eigenvalue weighted by atomic mass is 32.2. The zero-order valence-corrected chi connectivity index (χ0v) is 11.8. The van der Waals surface area contributed by atoms with E-state index in [0.717, 1.165) is 9.79 Å². The molecule has 2 aromatic rings. The van der Waals surface area contributed by atoms with Gasteiger partial charge in [0.2, 0.25) is 0 Å². The Hall–Kier alpha value is -1.94. The molecule has 3 nitrogen and oxygen atoms in total. The minimum atomic E-state index is -0.0153. The zero-order chi connectivity index (χ0) is 13.8. The molecule has 2 rings (SSSR count). The average Bonchev–Trinajstić information content (AvgIpc) is 2.39. The van der Waals surface area contributed by atoms with E-state index in [1.807, 2.05) is 36.4 Å². The molecule has 2 N–H and O–H groups in total. The van der Waals surface area contributed by atoms with Gasteiger partial charge in [-0.2, -0.15) is 0 Å². The molecule has 1 amide bonds. The van der Waals surface area contributed by atoms with E-state index < -0.39 is 0 Å². The van der Waals surface area contributed by atoms with E-state index in [1.54, 1.807) is 42.9 Å². The molecule has 0 spiro atoms. The van der Waals surface area contributed by atoms with E-state index in [0.29, 0.717) is 11.3 Å². The minimum Gasteiger partial charge on any atom is -0.399 e. The number of rotatable bonds is 3. The van der Waals surface area contributed by atoms with Crippen molar-refractivity contribution in [3.05, 3.63) is 54.1 Å². The largest absolute Gasteiger partial charge is 0.399 e. The molecule has 0 aromatic heterocycles. The lowest BCUT2D eigenvalue weighted by molar-refractivity contribution is 0.0824. The molecule has 19 heavy (non-hydrogen) atoms. The van der Waals surface area contributed by atoms with Crippen LogP contribution in [0.1, 0.15) is 10.4 Å². The first-order valence-electron chi connectivity index (χ1n) is 5.92. The SMILES string of the molecule is CN(C)C(=O)c1ccc(N)cc1Sc1ccccc1. The lowest BCUT2D eigenvalue weighted by atomic mass is 10.2. The normalized spacial score (nSPS) is 10.2. The number of hydrogen-bond acceptors (Lipinski definition) is 3. The first-order valence-corrected chi connectivity index (χ1v) is 6.73. The summed E-state index contributed by atoms with van der Waals surface area (Å²) >= 11 is 1.55. The molecule has 98 valence electrons. The van der Waals surface area contributed by atoms with Crippen molar-refractivity contribution in [1.82, 2.24) is 4.90 Å². The zero-order valence-electron chi connectivity index (χ0n) is 11.0. The van der Waals surface area contributed by atoms with E-state index in [1.165, 1.54) is 0 Å². The fourth-order valence-electron chi connectivity index (χ4n) is 1.66. The van der Waals surface area contributed by atoms with E-state index in [-0.39, 0.29) is 5.91 Å². The summed E-state index contributed by atoms with van der Waals surface area (Å²) < 4.78 is 0. The van der Waals surface area contributed by atoms with E-state index in [9.17, 15) is 4.79 Å². The molecule has 2 aromatic carbocycles. The smallest absolute Gasteiger partial charge is 0.254 e. The number of nitrogens with two attached hydrogens (primary N) is 1. The fourth-order valence-corrected chi connectivity index (χ4v) is 2.66. The van der Waals surface area contributed by atoms with Crippen molar-refractivity contribution < 1.29 is 4.79 Å². The molecule has 0 saturated carbocycles. The van der Waals surface area contributed by atoms with Crippen LogP contribution in [0.4, 0.5) is 5.69 Å². The summed E-state index contributed by atoms with van der Waals surface area (Å²) in [7, 11) is 3.49. The standard InChI is InChI=1S/C15H16N2OS/c1-17(2)15(18)13-9-8-11(16)10-14(13)19-12-6-4-3-5-7-12/h3-10H,16H2,1-2H3. The number of anilines is 1. The Bertz CT molecular complexity index is 582. The second-order valence-corrected chi connectivity index (χ2v) is 5.49. The molecule has 0 heterocycles. The van der Waals surface area contributed by atoms with Crippen LogP contribution in [0.5, 0.6) is 0 Å². The van der Waals surface area contributed by atoms with Gasteiger partial charge in [-0.3, -0.25) is 4.79 Å². The third-order valence-corrected chi connectivity index (χ3v) is 3.68. The second-order valence-electron chi connectivity index (χ2n) is 4.37. The highest BCUT2D eigenvalue weighted by Gasteiger charge is 2.14. The van der Waals surface area contributed by atoms with Crippen molar-refractivity contribution in [2.24, 2.45) is 0 Å². The number of nitrogen functional groups attached to an aromatic ring is 1. The van der Waals surface area contributed by atoms with Gasteiger partial charge in [0.15, 0.2) is 0 Å². The van der Waals surface area contributed by atoms with E-state index >= 15 is 0 Å². The van der Waals surface area contributed by atoms with Crippen LogP contribution >= 0.6 is 11.8 Å². The molecular weight excluding hydrogens is 256 g/mol. The molecule has 0 fully saturated rings. The fraction of sp³-hybridized carbons (Fsp3) is 0.133. The van der Waals surface area contributed by atoms with Gasteiger partial charge in [-0.25, -0.2) is 0 Å². The molecule has 0 radical (unpaired) electrons. The Kier molecular flexibility index (Phi) is 4.12. The van der Waals surface area contributed by atoms with Gasteiger partial charge in [-0.05, 0) is 30.3 Å². The predicted octanol–water partition coefficient (Wildman–Crippen LogP) is 3.12. The molecular formula is C15H16N2OS. The third kappa shape index (κ3) is 3.29. The van der Waals surface area contributed by atoms with Crippen LogP contribution in [0.2, 0.25) is 0 Å². The summed E-state index contributed by atoms with van der Waals surface area (Å²) in [5, 5.41) is 0. The summed E-state index contributed by atoms with van der Waals surface area (Å²) in [4.78, 5) is 15.7. The van der Waals surface area contributed by atoms with Gasteiger partial charge < -0.3 is 10.6 Å². The Morgan fingerprint density at radius 1 is 1.11 bits per heavy atom.